The van der Waals surface area contributed by atoms with Crippen LogP contribution >= 0.6 is 0 Å². The van der Waals surface area contributed by atoms with Crippen LogP contribution in [-0.4, -0.2) is 29.6 Å². The summed E-state index contributed by atoms with van der Waals surface area (Å²) >= 11 is 0. The van der Waals surface area contributed by atoms with Gasteiger partial charge in [-0.15, -0.1) is 0 Å². The molecule has 0 bridgehead atoms. The van der Waals surface area contributed by atoms with Crippen LogP contribution < -0.4 is 10.5 Å². The van der Waals surface area contributed by atoms with Gasteiger partial charge in [0.2, 0.25) is 5.88 Å². The number of ether oxygens (including phenoxy) is 2. The van der Waals surface area contributed by atoms with E-state index < -0.39 is 0 Å². The van der Waals surface area contributed by atoms with E-state index in [1.54, 1.807) is 18.3 Å². The zero-order chi connectivity index (χ0) is 12.9. The van der Waals surface area contributed by atoms with Crippen LogP contribution in [0.15, 0.2) is 18.3 Å². The van der Waals surface area contributed by atoms with Gasteiger partial charge in [0.25, 0.3) is 0 Å². The lowest BCUT2D eigenvalue weighted by Gasteiger charge is -2.19. The molecule has 0 aliphatic carbocycles. The highest BCUT2D eigenvalue weighted by molar-refractivity contribution is 5.96. The molecule has 1 heterocycles. The molecular weight excluding hydrogens is 218 g/mol. The van der Waals surface area contributed by atoms with Crippen molar-refractivity contribution in [3.05, 3.63) is 23.9 Å². The summed E-state index contributed by atoms with van der Waals surface area (Å²) in [6, 6.07) is 3.42. The first-order valence-corrected chi connectivity index (χ1v) is 5.46. The SMILES string of the molecule is CC(C)(C)OCCOc1ncccc1C(=N)N. The minimum atomic E-state index is -0.184. The first kappa shape index (κ1) is 13.4. The number of pyridine rings is 1. The average molecular weight is 237 g/mol. The number of nitrogens with one attached hydrogen (secondary N) is 1. The molecular formula is C12H19N3O2. The van der Waals surface area contributed by atoms with Crippen LogP contribution in [0.4, 0.5) is 0 Å². The van der Waals surface area contributed by atoms with Crippen molar-refractivity contribution in [2.75, 3.05) is 13.2 Å². The van der Waals surface area contributed by atoms with E-state index in [2.05, 4.69) is 4.98 Å². The van der Waals surface area contributed by atoms with Gasteiger partial charge in [-0.3, -0.25) is 5.41 Å². The van der Waals surface area contributed by atoms with E-state index in [1.165, 1.54) is 0 Å². The second-order valence-electron chi connectivity index (χ2n) is 4.58. The molecule has 5 heteroatoms. The molecule has 1 rings (SSSR count). The molecule has 0 saturated heterocycles. The van der Waals surface area contributed by atoms with Gasteiger partial charge in [-0.2, -0.15) is 0 Å². The molecule has 3 N–H and O–H groups in total. The number of hydrogen-bond acceptors (Lipinski definition) is 4. The quantitative estimate of drug-likeness (QED) is 0.462. The Balaban J connectivity index is 2.49. The van der Waals surface area contributed by atoms with E-state index in [9.17, 15) is 0 Å². The zero-order valence-corrected chi connectivity index (χ0v) is 10.5. The van der Waals surface area contributed by atoms with Crippen LogP contribution in [0.1, 0.15) is 26.3 Å². The third kappa shape index (κ3) is 4.82. The summed E-state index contributed by atoms with van der Waals surface area (Å²) in [6.45, 7) is 6.80. The Bertz CT molecular complexity index is 386. The number of aromatic nitrogens is 1. The van der Waals surface area contributed by atoms with Crippen LogP contribution in [0.2, 0.25) is 0 Å². The minimum Gasteiger partial charge on any atom is -0.475 e. The molecule has 0 amide bonds. The Labute approximate surface area is 101 Å². The molecule has 0 atom stereocenters. The standard InChI is InChI=1S/C12H19N3O2/c1-12(2,3)17-8-7-16-11-9(10(13)14)5-4-6-15-11/h4-6H,7-8H2,1-3H3,(H3,13,14). The van der Waals surface area contributed by atoms with Crippen molar-refractivity contribution >= 4 is 5.84 Å². The summed E-state index contributed by atoms with van der Waals surface area (Å²) in [5.74, 6) is 0.322. The van der Waals surface area contributed by atoms with Crippen molar-refractivity contribution in [3.63, 3.8) is 0 Å². The lowest BCUT2D eigenvalue weighted by molar-refractivity contribution is -0.0168. The monoisotopic (exact) mass is 237 g/mol. The highest BCUT2D eigenvalue weighted by Crippen LogP contribution is 2.13. The fourth-order valence-corrected chi connectivity index (χ4v) is 1.20. The fourth-order valence-electron chi connectivity index (χ4n) is 1.20. The molecule has 5 nitrogen and oxygen atoms in total. The topological polar surface area (TPSA) is 81.2 Å². The second kappa shape index (κ2) is 5.63. The molecule has 0 unspecified atom stereocenters. The molecule has 1 aromatic rings. The Morgan fingerprint density at radius 1 is 1.41 bits per heavy atom. The fraction of sp³-hybridized carbons (Fsp3) is 0.500. The van der Waals surface area contributed by atoms with E-state index in [4.69, 9.17) is 20.6 Å². The van der Waals surface area contributed by atoms with Gasteiger partial charge in [0.1, 0.15) is 12.4 Å². The first-order valence-electron chi connectivity index (χ1n) is 5.46. The Hall–Kier alpha value is -1.62. The van der Waals surface area contributed by atoms with E-state index in [0.29, 0.717) is 24.7 Å². The van der Waals surface area contributed by atoms with Gasteiger partial charge < -0.3 is 15.2 Å². The lowest BCUT2D eigenvalue weighted by atomic mass is 10.2. The van der Waals surface area contributed by atoms with Gasteiger partial charge in [0.15, 0.2) is 0 Å². The minimum absolute atomic E-state index is 0.0511. The Morgan fingerprint density at radius 3 is 2.71 bits per heavy atom. The first-order chi connectivity index (χ1) is 7.90. The maximum absolute atomic E-state index is 7.38. The smallest absolute Gasteiger partial charge is 0.224 e. The second-order valence-corrected chi connectivity index (χ2v) is 4.58. The Kier molecular flexibility index (Phi) is 4.45. The highest BCUT2D eigenvalue weighted by Gasteiger charge is 2.11. The van der Waals surface area contributed by atoms with Crippen molar-refractivity contribution in [1.82, 2.24) is 4.98 Å². The van der Waals surface area contributed by atoms with E-state index in [1.807, 2.05) is 20.8 Å². The summed E-state index contributed by atoms with van der Waals surface area (Å²) in [4.78, 5) is 4.04. The van der Waals surface area contributed by atoms with Gasteiger partial charge in [0.05, 0.1) is 17.8 Å². The van der Waals surface area contributed by atoms with Crippen LogP contribution in [0.5, 0.6) is 5.88 Å². The zero-order valence-electron chi connectivity index (χ0n) is 10.5. The predicted octanol–water partition coefficient (Wildman–Crippen LogP) is 1.56. The number of amidine groups is 1. The van der Waals surface area contributed by atoms with Crippen LogP contribution in [0.25, 0.3) is 0 Å². The Morgan fingerprint density at radius 2 is 2.12 bits per heavy atom. The number of hydrogen-bond donors (Lipinski definition) is 2. The summed E-state index contributed by atoms with van der Waals surface area (Å²) in [5.41, 5.74) is 5.74. The third-order valence-corrected chi connectivity index (χ3v) is 1.92. The van der Waals surface area contributed by atoms with Crippen LogP contribution in [0, 0.1) is 5.41 Å². The maximum Gasteiger partial charge on any atom is 0.224 e. The van der Waals surface area contributed by atoms with Gasteiger partial charge in [0, 0.05) is 6.20 Å². The van der Waals surface area contributed by atoms with Gasteiger partial charge in [-0.25, -0.2) is 4.98 Å². The largest absolute Gasteiger partial charge is 0.475 e. The van der Waals surface area contributed by atoms with Gasteiger partial charge in [-0.1, -0.05) is 0 Å². The van der Waals surface area contributed by atoms with Crippen molar-refractivity contribution in [3.8, 4) is 5.88 Å². The third-order valence-electron chi connectivity index (χ3n) is 1.92. The van der Waals surface area contributed by atoms with Crippen molar-refractivity contribution < 1.29 is 9.47 Å². The van der Waals surface area contributed by atoms with Gasteiger partial charge >= 0.3 is 0 Å². The molecule has 0 aromatic carbocycles. The number of nitrogens with zero attached hydrogens (tertiary/aromatic N) is 1. The molecule has 0 saturated carbocycles. The summed E-state index contributed by atoms with van der Waals surface area (Å²) < 4.78 is 11.0. The van der Waals surface area contributed by atoms with E-state index >= 15 is 0 Å². The predicted molar refractivity (Wildman–Crippen MR) is 66.5 cm³/mol. The van der Waals surface area contributed by atoms with Crippen molar-refractivity contribution in [2.24, 2.45) is 5.73 Å². The summed E-state index contributed by atoms with van der Waals surface area (Å²) in [6.07, 6.45) is 1.60. The van der Waals surface area contributed by atoms with Crippen molar-refractivity contribution in [1.29, 1.82) is 5.41 Å². The number of nitrogen functional groups attached to an aromatic ring is 1. The molecule has 0 aliphatic heterocycles. The van der Waals surface area contributed by atoms with Crippen molar-refractivity contribution in [2.45, 2.75) is 26.4 Å². The normalized spacial score (nSPS) is 11.2. The average Bonchev–Trinajstić information content (AvgIpc) is 2.23. The van der Waals surface area contributed by atoms with Crippen LogP contribution in [0.3, 0.4) is 0 Å². The summed E-state index contributed by atoms with van der Waals surface area (Å²) in [7, 11) is 0. The lowest BCUT2D eigenvalue weighted by Crippen LogP contribution is -2.23. The number of rotatable bonds is 5. The molecule has 0 aliphatic rings. The molecule has 1 aromatic heterocycles. The molecule has 94 valence electrons. The molecule has 0 spiro atoms. The molecule has 0 radical (unpaired) electrons. The highest BCUT2D eigenvalue weighted by atomic mass is 16.5. The maximum atomic E-state index is 7.38. The number of nitrogens with two attached hydrogens (primary N) is 1. The van der Waals surface area contributed by atoms with E-state index in [0.717, 1.165) is 0 Å². The van der Waals surface area contributed by atoms with Gasteiger partial charge in [-0.05, 0) is 32.9 Å². The molecule has 17 heavy (non-hydrogen) atoms. The molecule has 0 fully saturated rings. The summed E-state index contributed by atoms with van der Waals surface area (Å²) in [5, 5.41) is 7.38. The van der Waals surface area contributed by atoms with E-state index in [-0.39, 0.29) is 11.4 Å². The van der Waals surface area contributed by atoms with Crippen LogP contribution in [-0.2, 0) is 4.74 Å².